The van der Waals surface area contributed by atoms with Crippen LogP contribution in [0, 0.1) is 5.92 Å². The summed E-state index contributed by atoms with van der Waals surface area (Å²) in [6, 6.07) is 20.0. The Bertz CT molecular complexity index is 1530. The zero-order valence-corrected chi connectivity index (χ0v) is 22.3. The van der Waals surface area contributed by atoms with Gasteiger partial charge < -0.3 is 23.9 Å². The number of aromatic nitrogens is 2. The molecule has 0 spiro atoms. The summed E-state index contributed by atoms with van der Waals surface area (Å²) in [6.45, 7) is 3.85. The number of thiophene rings is 1. The molecule has 1 fully saturated rings. The molecule has 1 saturated heterocycles. The highest BCUT2D eigenvalue weighted by Gasteiger charge is 2.21. The molecule has 1 aliphatic rings. The molecule has 6 rings (SSSR count). The lowest BCUT2D eigenvalue weighted by atomic mass is 10.1. The van der Waals surface area contributed by atoms with Gasteiger partial charge in [0.25, 0.3) is 0 Å². The Labute approximate surface area is 226 Å². The molecule has 1 aliphatic heterocycles. The van der Waals surface area contributed by atoms with Crippen LogP contribution in [0.1, 0.15) is 22.5 Å². The Hall–Kier alpha value is -3.26. The molecule has 37 heavy (non-hydrogen) atoms. The summed E-state index contributed by atoms with van der Waals surface area (Å²) in [5, 5.41) is 6.39. The third-order valence-electron chi connectivity index (χ3n) is 7.01. The minimum absolute atomic E-state index is 0. The van der Waals surface area contributed by atoms with Gasteiger partial charge in [0.05, 0.1) is 29.1 Å². The van der Waals surface area contributed by atoms with Crippen molar-refractivity contribution in [2.45, 2.75) is 13.0 Å². The van der Waals surface area contributed by atoms with Crippen LogP contribution < -0.4 is 14.8 Å². The lowest BCUT2D eigenvalue weighted by Crippen LogP contribution is -2.16. The Kier molecular flexibility index (Phi) is 7.55. The predicted octanol–water partition coefficient (Wildman–Crippen LogP) is 5.91. The molecule has 0 bridgehead atoms. The topological polar surface area (TPSA) is 57.4 Å². The molecule has 1 unspecified atom stereocenters. The van der Waals surface area contributed by atoms with Crippen LogP contribution in [0.15, 0.2) is 72.2 Å². The number of nitrogens with zero attached hydrogens (tertiary/aromatic N) is 2. The van der Waals surface area contributed by atoms with E-state index in [1.807, 2.05) is 66.3 Å². The van der Waals surface area contributed by atoms with Gasteiger partial charge in [-0.2, -0.15) is 0 Å². The summed E-state index contributed by atoms with van der Waals surface area (Å²) < 4.78 is 17.5. The molecular weight excluding hydrogens is 506 g/mol. The quantitative estimate of drug-likeness (QED) is 0.238. The first-order valence-corrected chi connectivity index (χ1v) is 13.3. The molecule has 5 aromatic rings. The number of hydrogen-bond donors (Lipinski definition) is 1. The normalized spacial score (nSPS) is 15.2. The number of halogens is 1. The largest absolute Gasteiger partial charge is 0.489 e. The molecule has 192 valence electrons. The third-order valence-corrected chi connectivity index (χ3v) is 7.86. The number of rotatable bonds is 9. The molecule has 4 heterocycles. The van der Waals surface area contributed by atoms with Crippen LogP contribution in [-0.4, -0.2) is 41.2 Å². The van der Waals surface area contributed by atoms with Gasteiger partial charge in [0.1, 0.15) is 6.61 Å². The molecule has 8 heteroatoms. The van der Waals surface area contributed by atoms with Crippen molar-refractivity contribution in [3.63, 3.8) is 0 Å². The Morgan fingerprint density at radius 3 is 2.62 bits per heavy atom. The van der Waals surface area contributed by atoms with E-state index in [9.17, 15) is 4.79 Å². The van der Waals surface area contributed by atoms with Crippen molar-refractivity contribution in [2.24, 2.45) is 13.0 Å². The Morgan fingerprint density at radius 1 is 1.05 bits per heavy atom. The zero-order chi connectivity index (χ0) is 24.5. The Balaban J connectivity index is 0.00000280. The van der Waals surface area contributed by atoms with Crippen molar-refractivity contribution < 1.29 is 14.3 Å². The lowest BCUT2D eigenvalue weighted by Gasteiger charge is -2.15. The number of ketones is 1. The lowest BCUT2D eigenvalue weighted by molar-refractivity contribution is 0.103. The van der Waals surface area contributed by atoms with Crippen LogP contribution in [0.5, 0.6) is 11.5 Å². The highest BCUT2D eigenvalue weighted by Crippen LogP contribution is 2.30. The van der Waals surface area contributed by atoms with Gasteiger partial charge in [0.2, 0.25) is 5.78 Å². The van der Waals surface area contributed by atoms with Gasteiger partial charge in [-0.25, -0.2) is 0 Å². The first-order valence-electron chi connectivity index (χ1n) is 12.4. The average Bonchev–Trinajstić information content (AvgIpc) is 3.69. The van der Waals surface area contributed by atoms with Crippen molar-refractivity contribution in [1.29, 1.82) is 0 Å². The smallest absolute Gasteiger partial charge is 0.211 e. The van der Waals surface area contributed by atoms with Crippen LogP contribution in [-0.2, 0) is 13.6 Å². The van der Waals surface area contributed by atoms with E-state index in [4.69, 9.17) is 9.47 Å². The maximum absolute atomic E-state index is 13.6. The van der Waals surface area contributed by atoms with E-state index in [0.717, 1.165) is 52.1 Å². The van der Waals surface area contributed by atoms with Crippen LogP contribution in [0.4, 0.5) is 0 Å². The summed E-state index contributed by atoms with van der Waals surface area (Å²) >= 11 is 1.66. The number of ether oxygens (including phenoxy) is 2. The van der Waals surface area contributed by atoms with Crippen molar-refractivity contribution in [2.75, 3.05) is 26.3 Å². The summed E-state index contributed by atoms with van der Waals surface area (Å²) in [5.74, 6) is 2.11. The zero-order valence-electron chi connectivity index (χ0n) is 20.7. The monoisotopic (exact) mass is 535 g/mol. The second-order valence-electron chi connectivity index (χ2n) is 9.31. The second kappa shape index (κ2) is 11.0. The first-order chi connectivity index (χ1) is 17.7. The van der Waals surface area contributed by atoms with Crippen LogP contribution in [0.25, 0.3) is 21.1 Å². The highest BCUT2D eigenvalue weighted by atomic mass is 35.5. The molecule has 1 N–H and O–H groups in total. The fraction of sp³-hybridized carbons (Fsp3) is 0.276. The number of nitrogens with one attached hydrogen (secondary N) is 1. The molecule has 0 saturated carbocycles. The van der Waals surface area contributed by atoms with Gasteiger partial charge in [-0.05, 0) is 48.7 Å². The Morgan fingerprint density at radius 2 is 1.84 bits per heavy atom. The number of carbonyl (C=O) groups is 1. The number of fused-ring (bicyclic) bond motifs is 2. The molecule has 1 atom stereocenters. The van der Waals surface area contributed by atoms with E-state index < -0.39 is 0 Å². The van der Waals surface area contributed by atoms with Crippen LogP contribution in [0.3, 0.4) is 0 Å². The summed E-state index contributed by atoms with van der Waals surface area (Å²) in [5.41, 5.74) is 3.54. The number of para-hydroxylation sites is 3. The standard InChI is InChI=1S/C29H29N3O3S.ClH/c1-31-24-11-15-36-28(24)16-25(31)29(33)22-18-32(23-7-3-2-6-21(22)23)13-14-34-26-8-4-5-9-27(26)35-19-20-10-12-30-17-20;/h2-9,11,15-16,18,20,30H,10,12-14,17,19H2,1H3;1H. The molecule has 6 nitrogen and oxygen atoms in total. The highest BCUT2D eigenvalue weighted by molar-refractivity contribution is 7.17. The number of aryl methyl sites for hydroxylation is 1. The number of carbonyl (C=O) groups excluding carboxylic acids is 1. The van der Waals surface area contributed by atoms with E-state index in [0.29, 0.717) is 36.9 Å². The van der Waals surface area contributed by atoms with Crippen molar-refractivity contribution in [3.05, 3.63) is 83.5 Å². The van der Waals surface area contributed by atoms with E-state index in [1.165, 1.54) is 0 Å². The molecule has 0 aliphatic carbocycles. The van der Waals surface area contributed by atoms with Gasteiger partial charge in [0, 0.05) is 42.2 Å². The van der Waals surface area contributed by atoms with Crippen LogP contribution in [0.2, 0.25) is 0 Å². The summed E-state index contributed by atoms with van der Waals surface area (Å²) in [4.78, 5) is 13.6. The number of benzene rings is 2. The van der Waals surface area contributed by atoms with Gasteiger partial charge in [-0.1, -0.05) is 30.3 Å². The van der Waals surface area contributed by atoms with Crippen molar-refractivity contribution in [3.8, 4) is 11.5 Å². The predicted molar refractivity (Wildman–Crippen MR) is 152 cm³/mol. The maximum Gasteiger partial charge on any atom is 0.211 e. The van der Waals surface area contributed by atoms with Crippen molar-refractivity contribution >= 4 is 50.6 Å². The van der Waals surface area contributed by atoms with Gasteiger partial charge in [-0.15, -0.1) is 23.7 Å². The van der Waals surface area contributed by atoms with E-state index in [-0.39, 0.29) is 18.2 Å². The molecule has 0 radical (unpaired) electrons. The third kappa shape index (κ3) is 4.99. The fourth-order valence-electron chi connectivity index (χ4n) is 5.03. The molecule has 2 aromatic carbocycles. The minimum Gasteiger partial charge on any atom is -0.489 e. The van der Waals surface area contributed by atoms with Gasteiger partial charge >= 0.3 is 0 Å². The first kappa shape index (κ1) is 25.4. The van der Waals surface area contributed by atoms with E-state index in [2.05, 4.69) is 27.4 Å². The maximum atomic E-state index is 13.6. The summed E-state index contributed by atoms with van der Waals surface area (Å²) in [6.07, 6.45) is 3.11. The van der Waals surface area contributed by atoms with Crippen LogP contribution >= 0.6 is 23.7 Å². The molecular formula is C29H30ClN3O3S. The summed E-state index contributed by atoms with van der Waals surface area (Å²) in [7, 11) is 1.96. The minimum atomic E-state index is 0. The molecule has 0 amide bonds. The van der Waals surface area contributed by atoms with Crippen molar-refractivity contribution in [1.82, 2.24) is 14.5 Å². The second-order valence-corrected chi connectivity index (χ2v) is 10.3. The van der Waals surface area contributed by atoms with Gasteiger partial charge in [-0.3, -0.25) is 4.79 Å². The van der Waals surface area contributed by atoms with E-state index >= 15 is 0 Å². The fourth-order valence-corrected chi connectivity index (χ4v) is 5.87. The SMILES string of the molecule is Cl.Cn1c(C(=O)c2cn(CCOc3ccccc3OCC3CCNC3)c3ccccc23)cc2sccc21. The average molecular weight is 536 g/mol. The number of hydrogen-bond acceptors (Lipinski definition) is 5. The molecule has 3 aromatic heterocycles. The van der Waals surface area contributed by atoms with E-state index in [1.54, 1.807) is 11.3 Å². The van der Waals surface area contributed by atoms with Gasteiger partial charge in [0.15, 0.2) is 11.5 Å².